The Morgan fingerprint density at radius 2 is 2.16 bits per heavy atom. The summed E-state index contributed by atoms with van der Waals surface area (Å²) in [5.41, 5.74) is 0. The minimum atomic E-state index is -4.00. The molecular formula is C12H16F2N2O2S. The van der Waals surface area contributed by atoms with E-state index < -0.39 is 26.6 Å². The Bertz CT molecular complexity index is 557. The number of nitrogens with one attached hydrogen (secondary N) is 1. The molecule has 19 heavy (non-hydrogen) atoms. The Kier molecular flexibility index (Phi) is 4.17. The van der Waals surface area contributed by atoms with Crippen molar-refractivity contribution in [1.82, 2.24) is 9.62 Å². The molecule has 0 amide bonds. The molecular weight excluding hydrogens is 274 g/mol. The number of halogens is 2. The molecule has 1 atom stereocenters. The molecule has 106 valence electrons. The number of likely N-dealkylation sites (N-methyl/N-ethyl adjacent to an activating group) is 1. The van der Waals surface area contributed by atoms with Crippen molar-refractivity contribution in [3.63, 3.8) is 0 Å². The highest BCUT2D eigenvalue weighted by atomic mass is 32.2. The molecule has 7 heteroatoms. The molecule has 1 aliphatic heterocycles. The maximum absolute atomic E-state index is 13.6. The molecule has 0 spiro atoms. The first-order chi connectivity index (χ1) is 8.91. The third-order valence-electron chi connectivity index (χ3n) is 3.22. The lowest BCUT2D eigenvalue weighted by Crippen LogP contribution is -2.38. The van der Waals surface area contributed by atoms with Crippen LogP contribution in [0, 0.1) is 11.6 Å². The molecule has 1 aromatic rings. The van der Waals surface area contributed by atoms with E-state index in [2.05, 4.69) is 5.32 Å². The molecule has 1 fully saturated rings. The van der Waals surface area contributed by atoms with Gasteiger partial charge in [0, 0.05) is 19.6 Å². The van der Waals surface area contributed by atoms with Crippen molar-refractivity contribution in [2.24, 2.45) is 0 Å². The van der Waals surface area contributed by atoms with Crippen LogP contribution in [0.2, 0.25) is 0 Å². The molecule has 1 aromatic carbocycles. The molecule has 1 saturated heterocycles. The molecule has 0 aromatic heterocycles. The predicted molar refractivity (Wildman–Crippen MR) is 67.2 cm³/mol. The van der Waals surface area contributed by atoms with Crippen molar-refractivity contribution in [3.8, 4) is 0 Å². The lowest BCUT2D eigenvalue weighted by Gasteiger charge is -2.21. The Labute approximate surface area is 111 Å². The Balaban J connectivity index is 2.22. The summed E-state index contributed by atoms with van der Waals surface area (Å²) in [7, 11) is -2.63. The maximum Gasteiger partial charge on any atom is 0.245 e. The highest BCUT2D eigenvalue weighted by Crippen LogP contribution is 2.20. The number of sulfonamides is 1. The predicted octanol–water partition coefficient (Wildman–Crippen LogP) is 1.34. The molecule has 0 radical (unpaired) electrons. The molecule has 1 unspecified atom stereocenters. The van der Waals surface area contributed by atoms with Gasteiger partial charge in [-0.2, -0.15) is 4.31 Å². The van der Waals surface area contributed by atoms with Crippen molar-refractivity contribution < 1.29 is 17.2 Å². The minimum Gasteiger partial charge on any atom is -0.313 e. The fourth-order valence-corrected chi connectivity index (χ4v) is 3.45. The number of hydrogen-bond acceptors (Lipinski definition) is 3. The largest absolute Gasteiger partial charge is 0.313 e. The van der Waals surface area contributed by atoms with Crippen LogP contribution in [-0.2, 0) is 10.0 Å². The summed E-state index contributed by atoms with van der Waals surface area (Å²) in [6.07, 6.45) is 1.87. The van der Waals surface area contributed by atoms with Gasteiger partial charge >= 0.3 is 0 Å². The van der Waals surface area contributed by atoms with Gasteiger partial charge in [-0.15, -0.1) is 0 Å². The molecule has 0 aliphatic carbocycles. The summed E-state index contributed by atoms with van der Waals surface area (Å²) >= 11 is 0. The quantitative estimate of drug-likeness (QED) is 0.910. The molecule has 1 N–H and O–H groups in total. The molecule has 2 rings (SSSR count). The van der Waals surface area contributed by atoms with Gasteiger partial charge in [0.15, 0.2) is 0 Å². The van der Waals surface area contributed by atoms with Crippen molar-refractivity contribution >= 4 is 10.0 Å². The Hall–Kier alpha value is -1.05. The normalized spacial score (nSPS) is 20.1. The molecule has 4 nitrogen and oxygen atoms in total. The first-order valence-electron chi connectivity index (χ1n) is 6.06. The van der Waals surface area contributed by atoms with Crippen LogP contribution < -0.4 is 5.32 Å². The van der Waals surface area contributed by atoms with Crippen LogP contribution in [0.4, 0.5) is 8.78 Å². The standard InChI is InChI=1S/C12H16F2N2O2S/c1-16(8-10-3-2-6-15-10)19(17,18)12-7-9(13)4-5-11(12)14/h4-5,7,10,15H,2-3,6,8H2,1H3. The number of rotatable bonds is 4. The maximum atomic E-state index is 13.6. The topological polar surface area (TPSA) is 49.4 Å². The van der Waals surface area contributed by atoms with Crippen molar-refractivity contribution in [3.05, 3.63) is 29.8 Å². The molecule has 0 bridgehead atoms. The third kappa shape index (κ3) is 3.10. The van der Waals surface area contributed by atoms with Gasteiger partial charge in [-0.3, -0.25) is 0 Å². The third-order valence-corrected chi connectivity index (χ3v) is 5.06. The smallest absolute Gasteiger partial charge is 0.245 e. The van der Waals surface area contributed by atoms with Crippen LogP contribution in [0.15, 0.2) is 23.1 Å². The van der Waals surface area contributed by atoms with Gasteiger partial charge in [0.25, 0.3) is 0 Å². The van der Waals surface area contributed by atoms with Crippen LogP contribution in [0.3, 0.4) is 0 Å². The summed E-state index contributed by atoms with van der Waals surface area (Å²) in [4.78, 5) is -0.618. The van der Waals surface area contributed by atoms with Gasteiger partial charge in [-0.05, 0) is 37.6 Å². The summed E-state index contributed by atoms with van der Waals surface area (Å²) in [6.45, 7) is 1.10. The number of benzene rings is 1. The van der Waals surface area contributed by atoms with Crippen molar-refractivity contribution in [1.29, 1.82) is 0 Å². The van der Waals surface area contributed by atoms with E-state index in [-0.39, 0.29) is 12.6 Å². The average molecular weight is 290 g/mol. The van der Waals surface area contributed by atoms with Crippen LogP contribution in [0.5, 0.6) is 0 Å². The highest BCUT2D eigenvalue weighted by Gasteiger charge is 2.28. The fourth-order valence-electron chi connectivity index (χ4n) is 2.16. The Morgan fingerprint density at radius 1 is 1.42 bits per heavy atom. The van der Waals surface area contributed by atoms with E-state index in [1.54, 1.807) is 0 Å². The zero-order valence-electron chi connectivity index (χ0n) is 10.6. The Morgan fingerprint density at radius 3 is 2.79 bits per heavy atom. The van der Waals surface area contributed by atoms with Crippen LogP contribution in [-0.4, -0.2) is 38.9 Å². The van der Waals surface area contributed by atoms with Crippen LogP contribution in [0.1, 0.15) is 12.8 Å². The van der Waals surface area contributed by atoms with E-state index in [9.17, 15) is 17.2 Å². The first kappa shape index (κ1) is 14.4. The summed E-state index contributed by atoms with van der Waals surface area (Å²) < 4.78 is 52.1. The zero-order chi connectivity index (χ0) is 14.0. The molecule has 1 aliphatic rings. The minimum absolute atomic E-state index is 0.0661. The summed E-state index contributed by atoms with van der Waals surface area (Å²) in [5.74, 6) is -1.71. The number of hydrogen-bond donors (Lipinski definition) is 1. The van der Waals surface area contributed by atoms with Crippen LogP contribution >= 0.6 is 0 Å². The van der Waals surface area contributed by atoms with Gasteiger partial charge < -0.3 is 5.32 Å². The number of nitrogens with zero attached hydrogens (tertiary/aromatic N) is 1. The zero-order valence-corrected chi connectivity index (χ0v) is 11.4. The summed E-state index contributed by atoms with van der Waals surface area (Å²) in [5, 5.41) is 3.16. The second kappa shape index (κ2) is 5.52. The van der Waals surface area contributed by atoms with E-state index in [0.717, 1.165) is 35.8 Å². The first-order valence-corrected chi connectivity index (χ1v) is 7.50. The van der Waals surface area contributed by atoms with E-state index in [0.29, 0.717) is 6.07 Å². The second-order valence-corrected chi connectivity index (χ2v) is 6.67. The lowest BCUT2D eigenvalue weighted by atomic mass is 10.2. The molecule has 0 saturated carbocycles. The average Bonchev–Trinajstić information content (AvgIpc) is 2.85. The van der Waals surface area contributed by atoms with Gasteiger partial charge in [0.1, 0.15) is 16.5 Å². The SMILES string of the molecule is CN(CC1CCCN1)S(=O)(=O)c1cc(F)ccc1F. The molecule has 1 heterocycles. The fraction of sp³-hybridized carbons (Fsp3) is 0.500. The second-order valence-electron chi connectivity index (χ2n) is 4.65. The van der Waals surface area contributed by atoms with Gasteiger partial charge in [-0.25, -0.2) is 17.2 Å². The lowest BCUT2D eigenvalue weighted by molar-refractivity contribution is 0.413. The monoisotopic (exact) mass is 290 g/mol. The van der Waals surface area contributed by atoms with Crippen LogP contribution in [0.25, 0.3) is 0 Å². The van der Waals surface area contributed by atoms with Crippen molar-refractivity contribution in [2.45, 2.75) is 23.8 Å². The van der Waals surface area contributed by atoms with E-state index in [4.69, 9.17) is 0 Å². The van der Waals surface area contributed by atoms with E-state index in [1.165, 1.54) is 7.05 Å². The highest BCUT2D eigenvalue weighted by molar-refractivity contribution is 7.89. The van der Waals surface area contributed by atoms with Gasteiger partial charge in [-0.1, -0.05) is 0 Å². The van der Waals surface area contributed by atoms with E-state index in [1.807, 2.05) is 0 Å². The van der Waals surface area contributed by atoms with Crippen molar-refractivity contribution in [2.75, 3.05) is 20.1 Å². The van der Waals surface area contributed by atoms with E-state index >= 15 is 0 Å². The summed E-state index contributed by atoms with van der Waals surface area (Å²) in [6, 6.07) is 2.50. The van der Waals surface area contributed by atoms with Gasteiger partial charge in [0.2, 0.25) is 10.0 Å². The van der Waals surface area contributed by atoms with Gasteiger partial charge in [0.05, 0.1) is 0 Å².